The lowest BCUT2D eigenvalue weighted by atomic mass is 10.2. The zero-order chi connectivity index (χ0) is 13.9. The lowest BCUT2D eigenvalue weighted by Gasteiger charge is -2.21. The number of halogens is 1. The molecule has 0 spiro atoms. The topological polar surface area (TPSA) is 71.3 Å². The third-order valence-corrected chi connectivity index (χ3v) is 6.42. The number of furan rings is 1. The average Bonchev–Trinajstić information content (AvgIpc) is 2.72. The van der Waals surface area contributed by atoms with Gasteiger partial charge < -0.3 is 9.73 Å². The van der Waals surface area contributed by atoms with Crippen LogP contribution in [0.15, 0.2) is 20.0 Å². The second-order valence-electron chi connectivity index (χ2n) is 4.42. The highest BCUT2D eigenvalue weighted by atomic mass is 79.9. The van der Waals surface area contributed by atoms with E-state index in [4.69, 9.17) is 4.42 Å². The molecule has 108 valence electrons. The van der Waals surface area contributed by atoms with Crippen molar-refractivity contribution >= 4 is 37.7 Å². The molecule has 0 bridgehead atoms. The van der Waals surface area contributed by atoms with Crippen molar-refractivity contribution in [3.63, 3.8) is 0 Å². The highest BCUT2D eigenvalue weighted by Crippen LogP contribution is 2.27. The highest BCUT2D eigenvalue weighted by molar-refractivity contribution is 9.10. The first-order valence-corrected chi connectivity index (χ1v) is 9.49. The molecule has 2 rings (SSSR count). The summed E-state index contributed by atoms with van der Waals surface area (Å²) >= 11 is 4.95. The van der Waals surface area contributed by atoms with Crippen molar-refractivity contribution in [2.45, 2.75) is 30.3 Å². The van der Waals surface area contributed by atoms with Gasteiger partial charge in [0.25, 0.3) is 0 Å². The minimum absolute atomic E-state index is 0.0123. The number of rotatable bonds is 5. The van der Waals surface area contributed by atoms with Gasteiger partial charge in [-0.25, -0.2) is 13.1 Å². The van der Waals surface area contributed by atoms with Crippen molar-refractivity contribution in [3.05, 3.63) is 16.5 Å². The predicted octanol–water partition coefficient (Wildman–Crippen LogP) is 1.94. The Bertz CT molecular complexity index is 524. The molecule has 0 aromatic carbocycles. The van der Waals surface area contributed by atoms with E-state index in [1.54, 1.807) is 24.9 Å². The van der Waals surface area contributed by atoms with Gasteiger partial charge in [0, 0.05) is 17.9 Å². The maximum atomic E-state index is 12.3. The van der Waals surface area contributed by atoms with Crippen LogP contribution in [-0.4, -0.2) is 33.0 Å². The van der Waals surface area contributed by atoms with Crippen LogP contribution < -0.4 is 10.0 Å². The van der Waals surface area contributed by atoms with E-state index in [2.05, 4.69) is 26.0 Å². The van der Waals surface area contributed by atoms with Gasteiger partial charge in [-0.1, -0.05) is 0 Å². The number of hydrogen-bond acceptors (Lipinski definition) is 5. The van der Waals surface area contributed by atoms with Gasteiger partial charge in [0.15, 0.2) is 4.67 Å². The molecule has 1 aromatic heterocycles. The smallest absolute Gasteiger partial charge is 0.245 e. The van der Waals surface area contributed by atoms with Crippen LogP contribution in [0, 0.1) is 0 Å². The molecule has 1 saturated heterocycles. The third kappa shape index (κ3) is 3.98. The highest BCUT2D eigenvalue weighted by Gasteiger charge is 2.26. The SMILES string of the molecule is CNCc1cc(S(=O)(=O)NC2CCCSC2)c(Br)o1. The monoisotopic (exact) mass is 368 g/mol. The van der Waals surface area contributed by atoms with E-state index in [-0.39, 0.29) is 15.6 Å². The van der Waals surface area contributed by atoms with Crippen LogP contribution in [0.3, 0.4) is 0 Å². The van der Waals surface area contributed by atoms with E-state index in [0.29, 0.717) is 12.3 Å². The second-order valence-corrected chi connectivity index (χ2v) is 7.97. The van der Waals surface area contributed by atoms with Gasteiger partial charge in [-0.05, 0) is 41.6 Å². The molecule has 8 heteroatoms. The molecule has 19 heavy (non-hydrogen) atoms. The van der Waals surface area contributed by atoms with Crippen LogP contribution in [0.5, 0.6) is 0 Å². The summed E-state index contributed by atoms with van der Waals surface area (Å²) in [5, 5.41) is 2.92. The Labute approximate surface area is 126 Å². The van der Waals surface area contributed by atoms with Gasteiger partial charge >= 0.3 is 0 Å². The number of nitrogens with one attached hydrogen (secondary N) is 2. The Morgan fingerprint density at radius 2 is 2.37 bits per heavy atom. The van der Waals surface area contributed by atoms with Crippen molar-refractivity contribution in [2.75, 3.05) is 18.6 Å². The summed E-state index contributed by atoms with van der Waals surface area (Å²) in [5.41, 5.74) is 0. The van der Waals surface area contributed by atoms with Crippen molar-refractivity contribution in [1.29, 1.82) is 0 Å². The van der Waals surface area contributed by atoms with Crippen molar-refractivity contribution in [2.24, 2.45) is 0 Å². The molecule has 2 N–H and O–H groups in total. The summed E-state index contributed by atoms with van der Waals surface area (Å²) < 4.78 is 33.0. The van der Waals surface area contributed by atoms with E-state index in [9.17, 15) is 8.42 Å². The molecule has 1 atom stereocenters. The van der Waals surface area contributed by atoms with Gasteiger partial charge in [-0.2, -0.15) is 11.8 Å². The fraction of sp³-hybridized carbons (Fsp3) is 0.636. The van der Waals surface area contributed by atoms with E-state index in [0.717, 1.165) is 24.3 Å². The molecule has 1 unspecified atom stereocenters. The Morgan fingerprint density at radius 1 is 1.58 bits per heavy atom. The standard InChI is InChI=1S/C11H17BrN2O3S2/c1-13-6-9-5-10(11(12)17-9)19(15,16)14-8-3-2-4-18-7-8/h5,8,13-14H,2-4,6-7H2,1H3. The number of hydrogen-bond donors (Lipinski definition) is 2. The molecule has 1 fully saturated rings. The number of sulfonamides is 1. The van der Waals surface area contributed by atoms with Crippen LogP contribution in [-0.2, 0) is 16.6 Å². The van der Waals surface area contributed by atoms with E-state index in [1.165, 1.54) is 0 Å². The van der Waals surface area contributed by atoms with Crippen LogP contribution >= 0.6 is 27.7 Å². The summed E-state index contributed by atoms with van der Waals surface area (Å²) in [6, 6.07) is 1.57. The molecule has 0 radical (unpaired) electrons. The second kappa shape index (κ2) is 6.62. The zero-order valence-electron chi connectivity index (χ0n) is 10.6. The first-order chi connectivity index (χ1) is 9.03. The summed E-state index contributed by atoms with van der Waals surface area (Å²) in [6.45, 7) is 0.493. The van der Waals surface area contributed by atoms with Crippen LogP contribution in [0.25, 0.3) is 0 Å². The third-order valence-electron chi connectivity index (χ3n) is 2.83. The summed E-state index contributed by atoms with van der Waals surface area (Å²) in [4.78, 5) is 0.174. The molecule has 0 saturated carbocycles. The van der Waals surface area contributed by atoms with Crippen molar-refractivity contribution in [3.8, 4) is 0 Å². The lowest BCUT2D eigenvalue weighted by molar-refractivity contribution is 0.469. The molecule has 1 aromatic rings. The minimum Gasteiger partial charge on any atom is -0.452 e. The van der Waals surface area contributed by atoms with E-state index >= 15 is 0 Å². The van der Waals surface area contributed by atoms with Crippen molar-refractivity contribution < 1.29 is 12.8 Å². The van der Waals surface area contributed by atoms with Gasteiger partial charge in [0.1, 0.15) is 10.7 Å². The molecular weight excluding hydrogens is 352 g/mol. The van der Waals surface area contributed by atoms with E-state index in [1.807, 2.05) is 0 Å². The molecule has 5 nitrogen and oxygen atoms in total. The predicted molar refractivity (Wildman–Crippen MR) is 79.8 cm³/mol. The van der Waals surface area contributed by atoms with E-state index < -0.39 is 10.0 Å². The van der Waals surface area contributed by atoms with Gasteiger partial charge in [-0.15, -0.1) is 0 Å². The van der Waals surface area contributed by atoms with Crippen molar-refractivity contribution in [1.82, 2.24) is 10.0 Å². The lowest BCUT2D eigenvalue weighted by Crippen LogP contribution is -2.38. The van der Waals surface area contributed by atoms with Gasteiger partial charge in [0.05, 0.1) is 6.54 Å². The molecule has 0 amide bonds. The van der Waals surface area contributed by atoms with Crippen LogP contribution in [0.2, 0.25) is 0 Å². The first-order valence-electron chi connectivity index (χ1n) is 6.06. The summed E-state index contributed by atoms with van der Waals surface area (Å²) in [7, 11) is -1.74. The Balaban J connectivity index is 2.14. The maximum absolute atomic E-state index is 12.3. The molecule has 1 aliphatic rings. The fourth-order valence-corrected chi connectivity index (χ4v) is 5.40. The molecule has 2 heterocycles. The van der Waals surface area contributed by atoms with Crippen LogP contribution in [0.1, 0.15) is 18.6 Å². The largest absolute Gasteiger partial charge is 0.452 e. The average molecular weight is 369 g/mol. The number of thioether (sulfide) groups is 1. The quantitative estimate of drug-likeness (QED) is 0.830. The van der Waals surface area contributed by atoms with Crippen LogP contribution in [0.4, 0.5) is 0 Å². The molecular formula is C11H17BrN2O3S2. The Kier molecular flexibility index (Phi) is 5.36. The van der Waals surface area contributed by atoms with Gasteiger partial charge in [0.2, 0.25) is 10.0 Å². The Morgan fingerprint density at radius 3 is 3.00 bits per heavy atom. The molecule has 1 aliphatic heterocycles. The normalized spacial score (nSPS) is 20.6. The molecule has 0 aliphatic carbocycles. The Hall–Kier alpha value is -0.0200. The zero-order valence-corrected chi connectivity index (χ0v) is 13.8. The summed E-state index contributed by atoms with van der Waals surface area (Å²) in [5.74, 6) is 2.53. The maximum Gasteiger partial charge on any atom is 0.245 e. The van der Waals surface area contributed by atoms with Gasteiger partial charge in [-0.3, -0.25) is 0 Å². The fourth-order valence-electron chi connectivity index (χ4n) is 1.96. The summed E-state index contributed by atoms with van der Waals surface area (Å²) in [6.07, 6.45) is 1.94. The minimum atomic E-state index is -3.52. The first kappa shape index (κ1) is 15.4.